The van der Waals surface area contributed by atoms with Crippen LogP contribution in [0.5, 0.6) is 0 Å². The van der Waals surface area contributed by atoms with Gasteiger partial charge in [-0.3, -0.25) is 4.79 Å². The number of carbonyl (C=O) groups excluding carboxylic acids is 1. The molecule has 0 saturated heterocycles. The molecule has 0 aromatic rings. The summed E-state index contributed by atoms with van der Waals surface area (Å²) in [6.07, 6.45) is 0. The maximum atomic E-state index is 11.0. The normalized spacial score (nSPS) is 9.50. The van der Waals surface area contributed by atoms with Crippen molar-refractivity contribution < 1.29 is 4.79 Å². The molecule has 0 unspecified atom stereocenters. The molecule has 0 aromatic heterocycles. The largest absolute Gasteiger partial charge is 0.335 e. The van der Waals surface area contributed by atoms with E-state index in [2.05, 4.69) is 0 Å². The van der Waals surface area contributed by atoms with Crippen LogP contribution in [0.3, 0.4) is 0 Å². The standard InChI is InChI=1S/C6H12ClNOS/c1-3-10-6(9)8(2)5-4-7/h3-5H2,1-2H3. The van der Waals surface area contributed by atoms with Gasteiger partial charge in [0.1, 0.15) is 0 Å². The number of amides is 1. The first-order chi connectivity index (χ1) is 4.72. The zero-order valence-corrected chi connectivity index (χ0v) is 7.84. The summed E-state index contributed by atoms with van der Waals surface area (Å²) in [7, 11) is 1.76. The Morgan fingerprint density at radius 1 is 1.70 bits per heavy atom. The summed E-state index contributed by atoms with van der Waals surface area (Å²) in [6.45, 7) is 2.59. The summed E-state index contributed by atoms with van der Waals surface area (Å²) in [5, 5.41) is 0.100. The summed E-state index contributed by atoms with van der Waals surface area (Å²) >= 11 is 6.75. The molecule has 0 aliphatic rings. The Balaban J connectivity index is 3.49. The third-order valence-corrected chi connectivity index (χ3v) is 2.02. The number of hydrogen-bond donors (Lipinski definition) is 0. The van der Waals surface area contributed by atoms with Gasteiger partial charge in [-0.15, -0.1) is 11.6 Å². The van der Waals surface area contributed by atoms with Crippen LogP contribution >= 0.6 is 23.4 Å². The lowest BCUT2D eigenvalue weighted by atomic mass is 10.7. The van der Waals surface area contributed by atoms with Gasteiger partial charge in [-0.25, -0.2) is 0 Å². The van der Waals surface area contributed by atoms with Crippen molar-refractivity contribution in [2.24, 2.45) is 0 Å². The Hall–Kier alpha value is 0.110. The smallest absolute Gasteiger partial charge is 0.281 e. The molecule has 10 heavy (non-hydrogen) atoms. The third kappa shape index (κ3) is 4.01. The van der Waals surface area contributed by atoms with Gasteiger partial charge < -0.3 is 4.90 Å². The lowest BCUT2D eigenvalue weighted by molar-refractivity contribution is 0.236. The fraction of sp³-hybridized carbons (Fsp3) is 0.833. The molecule has 0 saturated carbocycles. The van der Waals surface area contributed by atoms with Gasteiger partial charge >= 0.3 is 0 Å². The van der Waals surface area contributed by atoms with Crippen LogP contribution in [0.1, 0.15) is 6.92 Å². The molecule has 0 aromatic carbocycles. The van der Waals surface area contributed by atoms with Crippen molar-refractivity contribution in [2.45, 2.75) is 6.92 Å². The lowest BCUT2D eigenvalue weighted by Crippen LogP contribution is -2.24. The van der Waals surface area contributed by atoms with Crippen LogP contribution in [0.4, 0.5) is 4.79 Å². The van der Waals surface area contributed by atoms with E-state index >= 15 is 0 Å². The van der Waals surface area contributed by atoms with E-state index in [1.54, 1.807) is 11.9 Å². The average molecular weight is 182 g/mol. The maximum absolute atomic E-state index is 11.0. The second kappa shape index (κ2) is 5.86. The first-order valence-corrected chi connectivity index (χ1v) is 4.68. The molecule has 0 heterocycles. The second-order valence-corrected chi connectivity index (χ2v) is 3.40. The van der Waals surface area contributed by atoms with Gasteiger partial charge in [-0.2, -0.15) is 0 Å². The SMILES string of the molecule is CCSC(=O)N(C)CCCl. The molecule has 0 radical (unpaired) electrons. The van der Waals surface area contributed by atoms with Crippen molar-refractivity contribution >= 4 is 28.6 Å². The quantitative estimate of drug-likeness (QED) is 0.621. The van der Waals surface area contributed by atoms with E-state index in [4.69, 9.17) is 11.6 Å². The zero-order valence-electron chi connectivity index (χ0n) is 6.26. The number of halogens is 1. The number of nitrogens with zero attached hydrogens (tertiary/aromatic N) is 1. The Morgan fingerprint density at radius 2 is 2.30 bits per heavy atom. The van der Waals surface area contributed by atoms with Crippen molar-refractivity contribution in [3.8, 4) is 0 Å². The van der Waals surface area contributed by atoms with Gasteiger partial charge in [-0.1, -0.05) is 18.7 Å². The molecule has 0 aliphatic carbocycles. The van der Waals surface area contributed by atoms with Crippen LogP contribution in [-0.2, 0) is 0 Å². The van der Waals surface area contributed by atoms with Gasteiger partial charge in [0.25, 0.3) is 5.24 Å². The molecule has 0 bridgehead atoms. The predicted molar refractivity (Wildman–Crippen MR) is 46.9 cm³/mol. The maximum Gasteiger partial charge on any atom is 0.281 e. The fourth-order valence-electron chi connectivity index (χ4n) is 0.452. The van der Waals surface area contributed by atoms with Crippen molar-refractivity contribution in [3.05, 3.63) is 0 Å². The van der Waals surface area contributed by atoms with Crippen molar-refractivity contribution in [2.75, 3.05) is 25.2 Å². The van der Waals surface area contributed by atoms with Crippen molar-refractivity contribution in [1.82, 2.24) is 4.90 Å². The number of carbonyl (C=O) groups is 1. The van der Waals surface area contributed by atoms with Gasteiger partial charge in [0, 0.05) is 19.5 Å². The van der Waals surface area contributed by atoms with Crippen LogP contribution in [0, 0.1) is 0 Å². The zero-order chi connectivity index (χ0) is 7.98. The highest BCUT2D eigenvalue weighted by Crippen LogP contribution is 2.05. The third-order valence-electron chi connectivity index (χ3n) is 0.999. The molecule has 0 spiro atoms. The second-order valence-electron chi connectivity index (χ2n) is 1.81. The summed E-state index contributed by atoms with van der Waals surface area (Å²) in [5.41, 5.74) is 0. The highest BCUT2D eigenvalue weighted by Gasteiger charge is 2.05. The molecule has 0 rings (SSSR count). The van der Waals surface area contributed by atoms with E-state index in [9.17, 15) is 4.79 Å². The first-order valence-electron chi connectivity index (χ1n) is 3.16. The van der Waals surface area contributed by atoms with Gasteiger partial charge in [0.2, 0.25) is 0 Å². The monoisotopic (exact) mass is 181 g/mol. The van der Waals surface area contributed by atoms with Gasteiger partial charge in [-0.05, 0) is 5.75 Å². The van der Waals surface area contributed by atoms with E-state index in [1.165, 1.54) is 11.8 Å². The average Bonchev–Trinajstić information content (AvgIpc) is 1.89. The molecule has 4 heteroatoms. The molecule has 60 valence electrons. The van der Waals surface area contributed by atoms with Crippen LogP contribution in [0.25, 0.3) is 0 Å². The van der Waals surface area contributed by atoms with Gasteiger partial charge in [0.05, 0.1) is 0 Å². The van der Waals surface area contributed by atoms with E-state index in [0.29, 0.717) is 12.4 Å². The molecule has 2 nitrogen and oxygen atoms in total. The Bertz CT molecular complexity index is 110. The highest BCUT2D eigenvalue weighted by atomic mass is 35.5. The molecule has 0 fully saturated rings. The molecular formula is C6H12ClNOS. The van der Waals surface area contributed by atoms with E-state index in [1.807, 2.05) is 6.92 Å². The van der Waals surface area contributed by atoms with E-state index in [-0.39, 0.29) is 5.24 Å². The molecule has 0 N–H and O–H groups in total. The molecule has 0 atom stereocenters. The summed E-state index contributed by atoms with van der Waals surface area (Å²) in [6, 6.07) is 0. The number of thioether (sulfide) groups is 1. The number of rotatable bonds is 3. The topological polar surface area (TPSA) is 20.3 Å². The summed E-state index contributed by atoms with van der Waals surface area (Å²) in [4.78, 5) is 12.6. The summed E-state index contributed by atoms with van der Waals surface area (Å²) in [5.74, 6) is 1.33. The van der Waals surface area contributed by atoms with Crippen molar-refractivity contribution in [1.29, 1.82) is 0 Å². The fourth-order valence-corrected chi connectivity index (χ4v) is 1.26. The summed E-state index contributed by atoms with van der Waals surface area (Å²) < 4.78 is 0. The molecule has 1 amide bonds. The Labute approximate surface area is 70.9 Å². The minimum Gasteiger partial charge on any atom is -0.335 e. The minimum atomic E-state index is 0.100. The molecular weight excluding hydrogens is 170 g/mol. The highest BCUT2D eigenvalue weighted by molar-refractivity contribution is 8.13. The molecule has 0 aliphatic heterocycles. The minimum absolute atomic E-state index is 0.100. The number of alkyl halides is 1. The Kier molecular flexibility index (Phi) is 5.93. The van der Waals surface area contributed by atoms with E-state index < -0.39 is 0 Å². The first kappa shape index (κ1) is 10.1. The van der Waals surface area contributed by atoms with Crippen LogP contribution in [0.2, 0.25) is 0 Å². The van der Waals surface area contributed by atoms with E-state index in [0.717, 1.165) is 5.75 Å². The van der Waals surface area contributed by atoms with Crippen LogP contribution in [0.15, 0.2) is 0 Å². The lowest BCUT2D eigenvalue weighted by Gasteiger charge is -2.13. The number of hydrogen-bond acceptors (Lipinski definition) is 2. The Morgan fingerprint density at radius 3 is 2.70 bits per heavy atom. The van der Waals surface area contributed by atoms with Gasteiger partial charge in [0.15, 0.2) is 0 Å². The van der Waals surface area contributed by atoms with Crippen LogP contribution < -0.4 is 0 Å². The van der Waals surface area contributed by atoms with Crippen molar-refractivity contribution in [3.63, 3.8) is 0 Å². The predicted octanol–water partition coefficient (Wildman–Crippen LogP) is 2.03. The van der Waals surface area contributed by atoms with Crippen LogP contribution in [-0.4, -0.2) is 35.4 Å².